The number of nitrogens with one attached hydrogen (secondary N) is 2. The maximum absolute atomic E-state index is 12.3. The molecule has 0 amide bonds. The molecule has 0 aliphatic carbocycles. The van der Waals surface area contributed by atoms with E-state index in [1.807, 2.05) is 31.2 Å². The van der Waals surface area contributed by atoms with Gasteiger partial charge in [-0.15, -0.1) is 0 Å². The van der Waals surface area contributed by atoms with Crippen LogP contribution in [-0.4, -0.2) is 23.1 Å². The molecule has 0 unspecified atom stereocenters. The minimum Gasteiger partial charge on any atom is -0.378 e. The maximum atomic E-state index is 12.3. The van der Waals surface area contributed by atoms with Gasteiger partial charge in [0, 0.05) is 21.4 Å². The molecule has 110 valence electrons. The van der Waals surface area contributed by atoms with Gasteiger partial charge in [0.1, 0.15) is 0 Å². The predicted molar refractivity (Wildman–Crippen MR) is 87.2 cm³/mol. The van der Waals surface area contributed by atoms with E-state index < -0.39 is 0 Å². The SMILES string of the molecule is CC(=O)c1c(C)[nH]c(C(=O)CNc2ccc(Br)cc2)c1C. The monoisotopic (exact) mass is 348 g/mol. The maximum Gasteiger partial charge on any atom is 0.198 e. The van der Waals surface area contributed by atoms with Crippen LogP contribution in [0.15, 0.2) is 28.7 Å². The van der Waals surface area contributed by atoms with Crippen LogP contribution in [0.4, 0.5) is 5.69 Å². The standard InChI is InChI=1S/C16H17BrN2O2/c1-9-15(11(3)20)10(2)19-16(9)14(21)8-18-13-6-4-12(17)5-7-13/h4-7,18-19H,8H2,1-3H3. The minimum atomic E-state index is -0.0639. The first kappa shape index (κ1) is 15.5. The second-order valence-electron chi connectivity index (χ2n) is 4.96. The second kappa shape index (κ2) is 6.26. The lowest BCUT2D eigenvalue weighted by molar-refractivity contribution is 0.1000. The van der Waals surface area contributed by atoms with E-state index in [0.717, 1.165) is 21.4 Å². The molecule has 0 atom stereocenters. The van der Waals surface area contributed by atoms with Gasteiger partial charge in [-0.3, -0.25) is 9.59 Å². The Morgan fingerprint density at radius 3 is 2.33 bits per heavy atom. The van der Waals surface area contributed by atoms with Crippen molar-refractivity contribution in [2.75, 3.05) is 11.9 Å². The summed E-state index contributed by atoms with van der Waals surface area (Å²) in [6.07, 6.45) is 0. The summed E-state index contributed by atoms with van der Waals surface area (Å²) in [6, 6.07) is 7.60. The third-order valence-electron chi connectivity index (χ3n) is 3.37. The third-order valence-corrected chi connectivity index (χ3v) is 3.89. The number of benzene rings is 1. The van der Waals surface area contributed by atoms with Gasteiger partial charge in [-0.25, -0.2) is 0 Å². The molecule has 0 saturated carbocycles. The lowest BCUT2D eigenvalue weighted by atomic mass is 10.1. The number of carbonyl (C=O) groups is 2. The Hall–Kier alpha value is -1.88. The van der Waals surface area contributed by atoms with Gasteiger partial charge in [-0.05, 0) is 50.6 Å². The van der Waals surface area contributed by atoms with Crippen molar-refractivity contribution in [2.45, 2.75) is 20.8 Å². The van der Waals surface area contributed by atoms with E-state index >= 15 is 0 Å². The smallest absolute Gasteiger partial charge is 0.198 e. The summed E-state index contributed by atoms with van der Waals surface area (Å²) < 4.78 is 0.987. The van der Waals surface area contributed by atoms with Gasteiger partial charge >= 0.3 is 0 Å². The van der Waals surface area contributed by atoms with Crippen LogP contribution in [0, 0.1) is 13.8 Å². The van der Waals surface area contributed by atoms with E-state index in [-0.39, 0.29) is 18.1 Å². The molecule has 0 fully saturated rings. The average Bonchev–Trinajstić information content (AvgIpc) is 2.73. The second-order valence-corrected chi connectivity index (χ2v) is 5.88. The van der Waals surface area contributed by atoms with Crippen LogP contribution < -0.4 is 5.32 Å². The summed E-state index contributed by atoms with van der Waals surface area (Å²) in [4.78, 5) is 26.9. The number of hydrogen-bond donors (Lipinski definition) is 2. The van der Waals surface area contributed by atoms with Crippen molar-refractivity contribution in [1.29, 1.82) is 0 Å². The average molecular weight is 349 g/mol. The molecule has 4 nitrogen and oxygen atoms in total. The molecule has 21 heavy (non-hydrogen) atoms. The van der Waals surface area contributed by atoms with Crippen LogP contribution in [0.25, 0.3) is 0 Å². The number of Topliss-reactive ketones (excluding diaryl/α,β-unsaturated/α-hetero) is 2. The van der Waals surface area contributed by atoms with E-state index in [1.165, 1.54) is 6.92 Å². The van der Waals surface area contributed by atoms with Crippen LogP contribution in [0.2, 0.25) is 0 Å². The molecule has 1 aromatic carbocycles. The lowest BCUT2D eigenvalue weighted by Crippen LogP contribution is -2.15. The highest BCUT2D eigenvalue weighted by Crippen LogP contribution is 2.19. The molecular formula is C16H17BrN2O2. The number of aromatic amines is 1. The molecule has 2 aromatic rings. The number of H-pyrrole nitrogens is 1. The normalized spacial score (nSPS) is 10.5. The summed E-state index contributed by atoms with van der Waals surface area (Å²) >= 11 is 3.36. The quantitative estimate of drug-likeness (QED) is 0.805. The van der Waals surface area contributed by atoms with E-state index in [9.17, 15) is 9.59 Å². The Kier molecular flexibility index (Phi) is 4.63. The van der Waals surface area contributed by atoms with Gasteiger partial charge in [0.05, 0.1) is 12.2 Å². The predicted octanol–water partition coefficient (Wildman–Crippen LogP) is 3.89. The number of halogens is 1. The van der Waals surface area contributed by atoms with Crippen molar-refractivity contribution in [3.63, 3.8) is 0 Å². The van der Waals surface area contributed by atoms with E-state index in [0.29, 0.717) is 11.3 Å². The molecular weight excluding hydrogens is 332 g/mol. The van der Waals surface area contributed by atoms with Gasteiger partial charge in [0.2, 0.25) is 0 Å². The number of hydrogen-bond acceptors (Lipinski definition) is 3. The van der Waals surface area contributed by atoms with Crippen molar-refractivity contribution in [3.05, 3.63) is 51.3 Å². The van der Waals surface area contributed by atoms with E-state index in [2.05, 4.69) is 26.2 Å². The summed E-state index contributed by atoms with van der Waals surface area (Å²) in [5.41, 5.74) is 3.46. The lowest BCUT2D eigenvalue weighted by Gasteiger charge is -2.06. The number of aromatic nitrogens is 1. The Morgan fingerprint density at radius 1 is 1.19 bits per heavy atom. The fourth-order valence-electron chi connectivity index (χ4n) is 2.40. The molecule has 1 aromatic heterocycles. The molecule has 0 aliphatic rings. The van der Waals surface area contributed by atoms with Gasteiger partial charge in [-0.2, -0.15) is 0 Å². The fourth-order valence-corrected chi connectivity index (χ4v) is 2.66. The Labute approximate surface area is 132 Å². The van der Waals surface area contributed by atoms with Crippen LogP contribution in [0.3, 0.4) is 0 Å². The van der Waals surface area contributed by atoms with Crippen LogP contribution in [-0.2, 0) is 0 Å². The minimum absolute atomic E-state index is 0.0267. The van der Waals surface area contributed by atoms with Crippen molar-refractivity contribution in [3.8, 4) is 0 Å². The summed E-state index contributed by atoms with van der Waals surface area (Å²) in [5, 5.41) is 3.08. The molecule has 5 heteroatoms. The fraction of sp³-hybridized carbons (Fsp3) is 0.250. The molecule has 2 rings (SSSR count). The largest absolute Gasteiger partial charge is 0.378 e. The van der Waals surface area contributed by atoms with Crippen LogP contribution in [0.1, 0.15) is 39.0 Å². The Balaban J connectivity index is 2.12. The first-order valence-corrected chi connectivity index (χ1v) is 7.42. The van der Waals surface area contributed by atoms with Gasteiger partial charge in [-0.1, -0.05) is 15.9 Å². The molecule has 0 aliphatic heterocycles. The zero-order valence-corrected chi connectivity index (χ0v) is 13.8. The van der Waals surface area contributed by atoms with Gasteiger partial charge < -0.3 is 10.3 Å². The van der Waals surface area contributed by atoms with Crippen molar-refractivity contribution in [2.24, 2.45) is 0 Å². The zero-order chi connectivity index (χ0) is 15.6. The van der Waals surface area contributed by atoms with Crippen molar-refractivity contribution >= 4 is 33.2 Å². The molecule has 0 spiro atoms. The first-order valence-electron chi connectivity index (χ1n) is 6.63. The van der Waals surface area contributed by atoms with Gasteiger partial charge in [0.15, 0.2) is 11.6 Å². The highest BCUT2D eigenvalue weighted by molar-refractivity contribution is 9.10. The number of aryl methyl sites for hydroxylation is 1. The van der Waals surface area contributed by atoms with Crippen LogP contribution in [0.5, 0.6) is 0 Å². The van der Waals surface area contributed by atoms with Crippen LogP contribution >= 0.6 is 15.9 Å². The highest BCUT2D eigenvalue weighted by atomic mass is 79.9. The van der Waals surface area contributed by atoms with E-state index in [4.69, 9.17) is 0 Å². The number of rotatable bonds is 5. The summed E-state index contributed by atoms with van der Waals surface area (Å²) in [7, 11) is 0. The number of ketones is 2. The zero-order valence-electron chi connectivity index (χ0n) is 12.2. The third kappa shape index (κ3) is 3.42. The molecule has 0 saturated heterocycles. The van der Waals surface area contributed by atoms with Crippen molar-refractivity contribution < 1.29 is 9.59 Å². The molecule has 0 bridgehead atoms. The van der Waals surface area contributed by atoms with Gasteiger partial charge in [0.25, 0.3) is 0 Å². The highest BCUT2D eigenvalue weighted by Gasteiger charge is 2.19. The topological polar surface area (TPSA) is 62.0 Å². The van der Waals surface area contributed by atoms with E-state index in [1.54, 1.807) is 6.92 Å². The summed E-state index contributed by atoms with van der Waals surface area (Å²) in [5.74, 6) is -0.0906. The first-order chi connectivity index (χ1) is 9.90. The molecule has 2 N–H and O–H groups in total. The van der Waals surface area contributed by atoms with Crippen molar-refractivity contribution in [1.82, 2.24) is 4.98 Å². The number of carbonyl (C=O) groups excluding carboxylic acids is 2. The molecule has 1 heterocycles. The Morgan fingerprint density at radius 2 is 1.81 bits per heavy atom. The number of anilines is 1. The summed E-state index contributed by atoms with van der Waals surface area (Å²) in [6.45, 7) is 5.30. The Bertz CT molecular complexity index is 687. The molecule has 0 radical (unpaired) electrons.